The zero-order chi connectivity index (χ0) is 13.1. The molecule has 1 aromatic heterocycles. The molecule has 0 unspecified atom stereocenters. The average molecular weight is 270 g/mol. The number of nitrogens with zero attached hydrogens (tertiary/aromatic N) is 3. The second kappa shape index (κ2) is 5.45. The highest BCUT2D eigenvalue weighted by molar-refractivity contribution is 8.16. The van der Waals surface area contributed by atoms with Gasteiger partial charge in [-0.2, -0.15) is 5.26 Å². The summed E-state index contributed by atoms with van der Waals surface area (Å²) in [6, 6.07) is 5.74. The first kappa shape index (κ1) is 12.2. The van der Waals surface area contributed by atoms with Crippen LogP contribution in [0, 0.1) is 17.2 Å². The third-order valence-corrected chi connectivity index (χ3v) is 4.07. The lowest BCUT2D eigenvalue weighted by atomic mass is 10.2. The minimum Gasteiger partial charge on any atom is -0.364 e. The van der Waals surface area contributed by atoms with Gasteiger partial charge in [-0.3, -0.25) is 9.98 Å². The molecule has 0 amide bonds. The number of nitriles is 1. The Balaban J connectivity index is 1.59. The van der Waals surface area contributed by atoms with E-state index in [1.807, 2.05) is 6.07 Å². The van der Waals surface area contributed by atoms with E-state index in [9.17, 15) is 0 Å². The van der Waals surface area contributed by atoms with Gasteiger partial charge in [0.1, 0.15) is 6.07 Å². The number of rotatable bonds is 3. The molecule has 2 heterocycles. The maximum Gasteiger partial charge on any atom is 0.161 e. The maximum absolute atomic E-state index is 8.74. The molecule has 1 fully saturated rings. The number of nitrogens with one attached hydrogen (secondary N) is 1. The fraction of sp³-hybridized carbons (Fsp3) is 0.357. The Labute approximate surface area is 116 Å². The number of hydrogen-bond donors (Lipinski definition) is 1. The van der Waals surface area contributed by atoms with Crippen LogP contribution in [0.1, 0.15) is 24.1 Å². The highest BCUT2D eigenvalue weighted by atomic mass is 32.2. The lowest BCUT2D eigenvalue weighted by Crippen LogP contribution is -2.24. The topological polar surface area (TPSA) is 61.1 Å². The van der Waals surface area contributed by atoms with Crippen LogP contribution in [-0.4, -0.2) is 23.2 Å². The zero-order valence-corrected chi connectivity index (χ0v) is 11.3. The first-order valence-electron chi connectivity index (χ1n) is 6.35. The van der Waals surface area contributed by atoms with Crippen molar-refractivity contribution in [3.8, 4) is 6.07 Å². The van der Waals surface area contributed by atoms with Gasteiger partial charge in [0, 0.05) is 18.3 Å². The second-order valence-electron chi connectivity index (χ2n) is 4.75. The van der Waals surface area contributed by atoms with Crippen LogP contribution in [0.4, 0.5) is 0 Å². The monoisotopic (exact) mass is 270 g/mol. The molecule has 0 bridgehead atoms. The number of aromatic nitrogens is 1. The van der Waals surface area contributed by atoms with Crippen molar-refractivity contribution in [1.29, 1.82) is 5.26 Å². The number of aliphatic imine (C=N–C) groups is 1. The Bertz CT molecular complexity index is 564. The molecule has 5 heteroatoms. The van der Waals surface area contributed by atoms with E-state index in [1.54, 1.807) is 24.0 Å². The molecule has 2 aliphatic rings. The molecule has 0 aromatic carbocycles. The summed E-state index contributed by atoms with van der Waals surface area (Å²) in [5.41, 5.74) is 2.59. The third-order valence-electron chi connectivity index (χ3n) is 3.17. The average Bonchev–Trinajstić information content (AvgIpc) is 3.30. The molecule has 4 nitrogen and oxygen atoms in total. The minimum absolute atomic E-state index is 0.586. The van der Waals surface area contributed by atoms with E-state index in [0.29, 0.717) is 12.1 Å². The molecule has 19 heavy (non-hydrogen) atoms. The van der Waals surface area contributed by atoms with Gasteiger partial charge < -0.3 is 5.32 Å². The SMILES string of the molecule is N#Cc1ccc(C2=CSC(NCC3CC3)=NC2)nc1. The minimum atomic E-state index is 0.586. The molecule has 1 aliphatic heterocycles. The van der Waals surface area contributed by atoms with Crippen molar-refractivity contribution < 1.29 is 0 Å². The highest BCUT2D eigenvalue weighted by Crippen LogP contribution is 2.28. The van der Waals surface area contributed by atoms with Crippen molar-refractivity contribution in [3.05, 3.63) is 35.0 Å². The number of amidine groups is 1. The summed E-state index contributed by atoms with van der Waals surface area (Å²) in [6.45, 7) is 1.70. The summed E-state index contributed by atoms with van der Waals surface area (Å²) in [5, 5.41) is 15.2. The summed E-state index contributed by atoms with van der Waals surface area (Å²) < 4.78 is 0. The Morgan fingerprint density at radius 1 is 1.42 bits per heavy atom. The maximum atomic E-state index is 8.74. The molecule has 0 saturated heterocycles. The van der Waals surface area contributed by atoms with Crippen molar-refractivity contribution in [2.75, 3.05) is 13.1 Å². The molecule has 1 saturated carbocycles. The van der Waals surface area contributed by atoms with Gasteiger partial charge in [0.25, 0.3) is 0 Å². The molecule has 0 atom stereocenters. The van der Waals surface area contributed by atoms with E-state index in [1.165, 1.54) is 12.8 Å². The summed E-state index contributed by atoms with van der Waals surface area (Å²) >= 11 is 1.62. The normalized spacial score (nSPS) is 18.3. The van der Waals surface area contributed by atoms with Crippen LogP contribution in [0.15, 0.2) is 28.7 Å². The predicted molar refractivity (Wildman–Crippen MR) is 77.5 cm³/mol. The van der Waals surface area contributed by atoms with Gasteiger partial charge in [-0.25, -0.2) is 0 Å². The fourth-order valence-electron chi connectivity index (χ4n) is 1.80. The van der Waals surface area contributed by atoms with E-state index in [-0.39, 0.29) is 0 Å². The van der Waals surface area contributed by atoms with Gasteiger partial charge in [0.05, 0.1) is 17.8 Å². The van der Waals surface area contributed by atoms with Crippen molar-refractivity contribution in [2.24, 2.45) is 10.9 Å². The highest BCUT2D eigenvalue weighted by Gasteiger charge is 2.21. The van der Waals surface area contributed by atoms with Crippen LogP contribution in [0.5, 0.6) is 0 Å². The van der Waals surface area contributed by atoms with Crippen LogP contribution >= 0.6 is 11.8 Å². The molecular formula is C14H14N4S. The van der Waals surface area contributed by atoms with Crippen LogP contribution in [0.3, 0.4) is 0 Å². The zero-order valence-electron chi connectivity index (χ0n) is 10.5. The van der Waals surface area contributed by atoms with Gasteiger partial charge in [0.15, 0.2) is 5.17 Å². The molecule has 1 N–H and O–H groups in total. The Kier molecular flexibility index (Phi) is 3.51. The Morgan fingerprint density at radius 2 is 2.32 bits per heavy atom. The predicted octanol–water partition coefficient (Wildman–Crippen LogP) is 2.40. The third kappa shape index (κ3) is 3.15. The molecule has 96 valence electrons. The quantitative estimate of drug-likeness (QED) is 0.916. The largest absolute Gasteiger partial charge is 0.364 e. The lowest BCUT2D eigenvalue weighted by Gasteiger charge is -2.13. The molecule has 0 spiro atoms. The first-order valence-corrected chi connectivity index (χ1v) is 7.23. The van der Waals surface area contributed by atoms with Crippen molar-refractivity contribution in [3.63, 3.8) is 0 Å². The molecule has 0 radical (unpaired) electrons. The van der Waals surface area contributed by atoms with Crippen molar-refractivity contribution in [1.82, 2.24) is 10.3 Å². The number of thioether (sulfide) groups is 1. The van der Waals surface area contributed by atoms with Gasteiger partial charge >= 0.3 is 0 Å². The van der Waals surface area contributed by atoms with E-state index in [2.05, 4.69) is 26.8 Å². The van der Waals surface area contributed by atoms with Gasteiger partial charge in [-0.15, -0.1) is 0 Å². The van der Waals surface area contributed by atoms with E-state index >= 15 is 0 Å². The number of hydrogen-bond acceptors (Lipinski definition) is 5. The second-order valence-corrected chi connectivity index (χ2v) is 5.61. The van der Waals surface area contributed by atoms with Crippen LogP contribution in [0.25, 0.3) is 5.57 Å². The lowest BCUT2D eigenvalue weighted by molar-refractivity contribution is 0.777. The fourth-order valence-corrected chi connectivity index (χ4v) is 2.56. The molecular weight excluding hydrogens is 256 g/mol. The Morgan fingerprint density at radius 3 is 2.89 bits per heavy atom. The van der Waals surface area contributed by atoms with E-state index < -0.39 is 0 Å². The van der Waals surface area contributed by atoms with Crippen LogP contribution in [0.2, 0.25) is 0 Å². The number of pyridine rings is 1. The van der Waals surface area contributed by atoms with Gasteiger partial charge in [0.2, 0.25) is 0 Å². The van der Waals surface area contributed by atoms with Gasteiger partial charge in [-0.1, -0.05) is 11.8 Å². The summed E-state index contributed by atoms with van der Waals surface area (Å²) in [7, 11) is 0. The molecule has 1 aromatic rings. The van der Waals surface area contributed by atoms with Crippen LogP contribution in [-0.2, 0) is 0 Å². The summed E-state index contributed by atoms with van der Waals surface area (Å²) in [4.78, 5) is 8.81. The van der Waals surface area contributed by atoms with Gasteiger partial charge in [-0.05, 0) is 36.3 Å². The van der Waals surface area contributed by atoms with Crippen molar-refractivity contribution in [2.45, 2.75) is 12.8 Å². The Hall–Kier alpha value is -1.80. The standard InChI is InChI=1S/C14H14N4S/c15-5-11-3-4-13(16-7-11)12-8-18-14(19-9-12)17-6-10-1-2-10/h3-4,7,9-10H,1-2,6,8H2,(H,17,18). The molecule has 1 aliphatic carbocycles. The first-order chi connectivity index (χ1) is 9.35. The van der Waals surface area contributed by atoms with Crippen LogP contribution < -0.4 is 5.32 Å². The summed E-state index contributed by atoms with van der Waals surface area (Å²) in [6.07, 6.45) is 4.30. The van der Waals surface area contributed by atoms with Crippen molar-refractivity contribution >= 4 is 22.5 Å². The summed E-state index contributed by atoms with van der Waals surface area (Å²) in [5.74, 6) is 0.855. The van der Waals surface area contributed by atoms with E-state index in [0.717, 1.165) is 28.9 Å². The smallest absolute Gasteiger partial charge is 0.161 e. The van der Waals surface area contributed by atoms with E-state index in [4.69, 9.17) is 5.26 Å². The molecule has 3 rings (SSSR count).